The molecule has 0 bridgehead atoms. The summed E-state index contributed by atoms with van der Waals surface area (Å²) in [5.74, 6) is 0. The van der Waals surface area contributed by atoms with Crippen LogP contribution >= 0.6 is 0 Å². The topological polar surface area (TPSA) is 47.7 Å². The van der Waals surface area contributed by atoms with Gasteiger partial charge < -0.3 is 10.8 Å². The van der Waals surface area contributed by atoms with Crippen LogP contribution in [0.25, 0.3) is 11.1 Å². The summed E-state index contributed by atoms with van der Waals surface area (Å²) in [4.78, 5) is 0. The first-order chi connectivity index (χ1) is 19.4. The quantitative estimate of drug-likeness (QED) is 0.221. The van der Waals surface area contributed by atoms with Crippen LogP contribution in [0.5, 0.6) is 0 Å². The van der Waals surface area contributed by atoms with Crippen molar-refractivity contribution in [1.82, 2.24) is 0 Å². The van der Waals surface area contributed by atoms with Crippen LogP contribution in [-0.2, 0) is 10.8 Å². The molecule has 5 aromatic carbocycles. The maximum atomic E-state index is 9.01. The number of hydrogen-bond acceptors (Lipinski definition) is 2. The van der Waals surface area contributed by atoms with E-state index in [4.69, 9.17) is 10.8 Å². The second-order valence-corrected chi connectivity index (χ2v) is 11.3. The molecule has 0 saturated heterocycles. The van der Waals surface area contributed by atoms with Gasteiger partial charge in [0.2, 0.25) is 0 Å². The summed E-state index contributed by atoms with van der Waals surface area (Å²) >= 11 is 0. The molecule has 192 valence electrons. The Morgan fingerprint density at radius 1 is 0.475 bits per heavy atom. The predicted molar refractivity (Wildman–Crippen MR) is 165 cm³/mol. The van der Waals surface area contributed by atoms with E-state index in [9.17, 15) is 0 Å². The molecule has 40 heavy (non-hydrogen) atoms. The number of allylic oxidation sites excluding steroid dienone is 2. The Bertz CT molecular complexity index is 1810. The van der Waals surface area contributed by atoms with Crippen molar-refractivity contribution in [2.45, 2.75) is 24.7 Å². The van der Waals surface area contributed by atoms with Gasteiger partial charge in [-0.25, -0.2) is 0 Å². The molecule has 2 aliphatic carbocycles. The first-order valence-electron chi connectivity index (χ1n) is 13.8. The molecule has 5 aromatic rings. The lowest BCUT2D eigenvalue weighted by Crippen LogP contribution is -2.40. The second-order valence-electron chi connectivity index (χ2n) is 11.3. The molecule has 0 radical (unpaired) electrons. The average Bonchev–Trinajstić information content (AvgIpc) is 3.30. The summed E-state index contributed by atoms with van der Waals surface area (Å²) in [6, 6.07) is 42.7. The van der Waals surface area contributed by atoms with Crippen molar-refractivity contribution in [3.05, 3.63) is 178 Å². The molecule has 2 aliphatic rings. The number of nitrogens with one attached hydrogen (secondary N) is 2. The highest BCUT2D eigenvalue weighted by Crippen LogP contribution is 2.62. The van der Waals surface area contributed by atoms with Crippen LogP contribution in [0.2, 0.25) is 0 Å². The van der Waals surface area contributed by atoms with Crippen LogP contribution in [0, 0.1) is 10.8 Å². The van der Waals surface area contributed by atoms with E-state index < -0.39 is 5.41 Å². The van der Waals surface area contributed by atoms with E-state index in [1.54, 1.807) is 12.2 Å². The Balaban J connectivity index is 1.46. The number of benzene rings is 5. The Hall–Kier alpha value is -4.82. The molecule has 7 rings (SSSR count). The van der Waals surface area contributed by atoms with Crippen molar-refractivity contribution < 1.29 is 0 Å². The van der Waals surface area contributed by atoms with Gasteiger partial charge in [-0.05, 0) is 73.9 Å². The Morgan fingerprint density at radius 2 is 0.950 bits per heavy atom. The van der Waals surface area contributed by atoms with E-state index in [1.165, 1.54) is 44.5 Å². The number of hydrogen-bond donors (Lipinski definition) is 2. The molecule has 2 N–H and O–H groups in total. The third kappa shape index (κ3) is 3.29. The lowest BCUT2D eigenvalue weighted by atomic mass is 9.55. The molecular formula is C38H30N2. The number of fused-ring (bicyclic) bond motifs is 9. The molecule has 0 aliphatic heterocycles. The molecule has 0 atom stereocenters. The van der Waals surface area contributed by atoms with E-state index >= 15 is 0 Å². The fourth-order valence-electron chi connectivity index (χ4n) is 7.00. The highest BCUT2D eigenvalue weighted by Gasteiger charge is 2.53. The Kier molecular flexibility index (Phi) is 5.37. The molecule has 0 unspecified atom stereocenters. The number of rotatable bonds is 4. The van der Waals surface area contributed by atoms with Gasteiger partial charge in [0.05, 0.1) is 16.8 Å². The summed E-state index contributed by atoms with van der Waals surface area (Å²) in [5.41, 5.74) is 12.1. The first kappa shape index (κ1) is 24.2. The van der Waals surface area contributed by atoms with Gasteiger partial charge in [-0.1, -0.05) is 129 Å². The van der Waals surface area contributed by atoms with Crippen molar-refractivity contribution in [2.75, 3.05) is 0 Å². The van der Waals surface area contributed by atoms with Crippen LogP contribution in [0.3, 0.4) is 0 Å². The van der Waals surface area contributed by atoms with Crippen LogP contribution in [0.1, 0.15) is 58.4 Å². The maximum Gasteiger partial charge on any atom is 0.0719 e. The lowest BCUT2D eigenvalue weighted by Gasteiger charge is -2.46. The molecule has 2 nitrogen and oxygen atoms in total. The van der Waals surface area contributed by atoms with Gasteiger partial charge in [0.1, 0.15) is 0 Å². The fraction of sp³-hybridized carbons (Fsp3) is 0.105. The smallest absolute Gasteiger partial charge is 0.0719 e. The Labute approximate surface area is 235 Å². The molecular weight excluding hydrogens is 484 g/mol. The first-order valence-corrected chi connectivity index (χ1v) is 13.8. The largest absolute Gasteiger partial charge is 0.300 e. The molecule has 0 fully saturated rings. The van der Waals surface area contributed by atoms with Gasteiger partial charge in [0.15, 0.2) is 0 Å². The minimum absolute atomic E-state index is 0.199. The standard InChI is InChI=1S/C38H30N2/c1-37(2)31-18-10-11-19-33(31)38(29-16-8-6-14-27(29)28-15-7-9-17-30(28)38)34-24-26(20-21-32(34)37)36(40)23-22-35(39)25-12-4-3-5-13-25/h3-24,39-40H,1-2H3/b23-22-,39-35?,40-36?. The van der Waals surface area contributed by atoms with Crippen LogP contribution in [0.15, 0.2) is 133 Å². The highest BCUT2D eigenvalue weighted by atomic mass is 14.5. The van der Waals surface area contributed by atoms with E-state index in [1.807, 2.05) is 30.3 Å². The molecule has 0 amide bonds. The fourth-order valence-corrected chi connectivity index (χ4v) is 7.00. The van der Waals surface area contributed by atoms with Crippen molar-refractivity contribution >= 4 is 11.4 Å². The monoisotopic (exact) mass is 514 g/mol. The normalized spacial score (nSPS) is 15.2. The van der Waals surface area contributed by atoms with Gasteiger partial charge in [0, 0.05) is 5.41 Å². The lowest BCUT2D eigenvalue weighted by molar-refractivity contribution is 0.563. The Morgan fingerprint density at radius 3 is 1.57 bits per heavy atom. The second kappa shape index (κ2) is 8.86. The van der Waals surface area contributed by atoms with Gasteiger partial charge in [-0.2, -0.15) is 0 Å². The van der Waals surface area contributed by atoms with E-state index in [0.29, 0.717) is 11.4 Å². The summed E-state index contributed by atoms with van der Waals surface area (Å²) in [7, 11) is 0. The van der Waals surface area contributed by atoms with Gasteiger partial charge in [0.25, 0.3) is 0 Å². The minimum Gasteiger partial charge on any atom is -0.300 e. The summed E-state index contributed by atoms with van der Waals surface area (Å²) in [5, 5.41) is 17.5. The third-order valence-corrected chi connectivity index (χ3v) is 8.87. The van der Waals surface area contributed by atoms with Crippen LogP contribution in [-0.4, -0.2) is 11.4 Å². The maximum absolute atomic E-state index is 9.01. The van der Waals surface area contributed by atoms with E-state index in [2.05, 4.69) is 105 Å². The minimum atomic E-state index is -0.467. The zero-order valence-electron chi connectivity index (χ0n) is 22.7. The SMILES string of the molecule is CC1(C)c2ccccc2C2(c3ccccc3-c3ccccc32)c2cc(C(=N)/C=C\C(=N)c3ccccc3)ccc21. The average molecular weight is 515 g/mol. The zero-order valence-corrected chi connectivity index (χ0v) is 22.7. The molecule has 0 saturated carbocycles. The third-order valence-electron chi connectivity index (χ3n) is 8.87. The van der Waals surface area contributed by atoms with Crippen molar-refractivity contribution in [3.63, 3.8) is 0 Å². The van der Waals surface area contributed by atoms with Crippen molar-refractivity contribution in [1.29, 1.82) is 10.8 Å². The van der Waals surface area contributed by atoms with E-state index in [0.717, 1.165) is 11.1 Å². The van der Waals surface area contributed by atoms with Crippen LogP contribution < -0.4 is 0 Å². The molecule has 0 heterocycles. The van der Waals surface area contributed by atoms with Gasteiger partial charge >= 0.3 is 0 Å². The summed E-state index contributed by atoms with van der Waals surface area (Å²) in [6.07, 6.45) is 3.48. The van der Waals surface area contributed by atoms with Crippen molar-refractivity contribution in [2.24, 2.45) is 0 Å². The zero-order chi connectivity index (χ0) is 27.5. The molecule has 0 aromatic heterocycles. The highest BCUT2D eigenvalue weighted by molar-refractivity contribution is 6.14. The molecule has 1 spiro atoms. The van der Waals surface area contributed by atoms with Gasteiger partial charge in [-0.3, -0.25) is 0 Å². The summed E-state index contributed by atoms with van der Waals surface area (Å²) in [6.45, 7) is 4.63. The van der Waals surface area contributed by atoms with Gasteiger partial charge in [-0.15, -0.1) is 0 Å². The molecule has 2 heteroatoms. The van der Waals surface area contributed by atoms with Crippen LogP contribution in [0.4, 0.5) is 0 Å². The van der Waals surface area contributed by atoms with Crippen molar-refractivity contribution in [3.8, 4) is 11.1 Å². The van der Waals surface area contributed by atoms with E-state index in [-0.39, 0.29) is 5.41 Å². The summed E-state index contributed by atoms with van der Waals surface area (Å²) < 4.78 is 0. The predicted octanol–water partition coefficient (Wildman–Crippen LogP) is 8.68.